The van der Waals surface area contributed by atoms with Gasteiger partial charge in [-0.2, -0.15) is 0 Å². The van der Waals surface area contributed by atoms with E-state index in [1.54, 1.807) is 0 Å². The summed E-state index contributed by atoms with van der Waals surface area (Å²) in [6.45, 7) is 17.8. The van der Waals surface area contributed by atoms with Gasteiger partial charge in [-0.3, -0.25) is 5.32 Å². The molecule has 0 aliphatic carbocycles. The molecule has 0 aliphatic rings. The molecule has 0 unspecified atom stereocenters. The van der Waals surface area contributed by atoms with Gasteiger partial charge in [0.15, 0.2) is 0 Å². The van der Waals surface area contributed by atoms with Crippen molar-refractivity contribution in [2.45, 2.75) is 70.8 Å². The quantitative estimate of drug-likeness (QED) is 0.245. The van der Waals surface area contributed by atoms with E-state index >= 15 is 0 Å². The Morgan fingerprint density at radius 1 is 1.03 bits per heavy atom. The van der Waals surface area contributed by atoms with Gasteiger partial charge in [0, 0.05) is 6.04 Å². The van der Waals surface area contributed by atoms with E-state index in [-0.39, 0.29) is 17.1 Å². The molecule has 0 saturated heterocycles. The molecule has 0 aliphatic heterocycles. The van der Waals surface area contributed by atoms with Crippen LogP contribution >= 0.6 is 0 Å². The minimum atomic E-state index is -1.96. The first-order chi connectivity index (χ1) is 14.1. The molecule has 2 atom stereocenters. The number of hydrogen-bond donors (Lipinski definition) is 1. The molecule has 162 valence electrons. The SMILES string of the molecule is C=C[C@H](N[C@H](C)c1ccccc1)/C(=C/CCc1ccccc1)O[Si](C)(C)C(C)(C)C. The number of nitrogens with one attached hydrogen (secondary N) is 1. The van der Waals surface area contributed by atoms with Crippen LogP contribution in [0.1, 0.15) is 51.3 Å². The summed E-state index contributed by atoms with van der Waals surface area (Å²) in [5.41, 5.74) is 2.61. The normalized spacial score (nSPS) is 14.8. The number of aryl methyl sites for hydroxylation is 1. The summed E-state index contributed by atoms with van der Waals surface area (Å²) < 4.78 is 6.80. The Labute approximate surface area is 185 Å². The number of benzene rings is 2. The van der Waals surface area contributed by atoms with Crippen LogP contribution in [0.5, 0.6) is 0 Å². The first-order valence-electron chi connectivity index (χ1n) is 11.0. The summed E-state index contributed by atoms with van der Waals surface area (Å²) in [5.74, 6) is 1.01. The van der Waals surface area contributed by atoms with Crippen molar-refractivity contribution in [3.05, 3.63) is 96.3 Å². The summed E-state index contributed by atoms with van der Waals surface area (Å²) in [5, 5.41) is 3.86. The lowest BCUT2D eigenvalue weighted by molar-refractivity contribution is 0.336. The minimum absolute atomic E-state index is 0.0231. The van der Waals surface area contributed by atoms with Gasteiger partial charge >= 0.3 is 0 Å². The van der Waals surface area contributed by atoms with Gasteiger partial charge in [-0.05, 0) is 55.1 Å². The predicted octanol–water partition coefficient (Wildman–Crippen LogP) is 7.43. The molecule has 0 fully saturated rings. The Kier molecular flexibility index (Phi) is 8.69. The second-order valence-corrected chi connectivity index (χ2v) is 14.2. The molecule has 3 heteroatoms. The topological polar surface area (TPSA) is 21.3 Å². The van der Waals surface area contributed by atoms with Crippen LogP contribution in [0.4, 0.5) is 0 Å². The summed E-state index contributed by atoms with van der Waals surface area (Å²) in [6, 6.07) is 21.3. The summed E-state index contributed by atoms with van der Waals surface area (Å²) in [6.07, 6.45) is 6.19. The lowest BCUT2D eigenvalue weighted by Crippen LogP contribution is -2.44. The van der Waals surface area contributed by atoms with Crippen LogP contribution in [0.15, 0.2) is 85.2 Å². The van der Waals surface area contributed by atoms with Crippen molar-refractivity contribution < 1.29 is 4.43 Å². The summed E-state index contributed by atoms with van der Waals surface area (Å²) in [4.78, 5) is 0. The maximum absolute atomic E-state index is 6.80. The molecule has 2 rings (SSSR count). The Morgan fingerprint density at radius 3 is 2.13 bits per heavy atom. The fourth-order valence-electron chi connectivity index (χ4n) is 3.08. The average molecular weight is 422 g/mol. The highest BCUT2D eigenvalue weighted by molar-refractivity contribution is 6.74. The second kappa shape index (κ2) is 10.8. The Morgan fingerprint density at radius 2 is 1.60 bits per heavy atom. The molecule has 0 heterocycles. The van der Waals surface area contributed by atoms with Gasteiger partial charge in [0.05, 0.1) is 11.8 Å². The fraction of sp³-hybridized carbons (Fsp3) is 0.407. The van der Waals surface area contributed by atoms with Crippen molar-refractivity contribution in [3.63, 3.8) is 0 Å². The zero-order chi connectivity index (χ0) is 22.2. The lowest BCUT2D eigenvalue weighted by atomic mass is 10.1. The second-order valence-electron chi connectivity index (χ2n) is 9.51. The Hall–Kier alpha value is -2.10. The van der Waals surface area contributed by atoms with Crippen molar-refractivity contribution >= 4 is 8.32 Å². The van der Waals surface area contributed by atoms with E-state index < -0.39 is 8.32 Å². The lowest BCUT2D eigenvalue weighted by Gasteiger charge is -2.39. The number of rotatable bonds is 10. The molecule has 0 bridgehead atoms. The number of hydrogen-bond acceptors (Lipinski definition) is 2. The fourth-order valence-corrected chi connectivity index (χ4v) is 4.18. The third kappa shape index (κ3) is 7.00. The Balaban J connectivity index is 2.22. The van der Waals surface area contributed by atoms with E-state index in [4.69, 9.17) is 4.43 Å². The molecule has 2 aromatic carbocycles. The van der Waals surface area contributed by atoms with E-state index in [2.05, 4.69) is 119 Å². The predicted molar refractivity (Wildman–Crippen MR) is 133 cm³/mol. The van der Waals surface area contributed by atoms with Crippen molar-refractivity contribution in [1.82, 2.24) is 5.32 Å². The van der Waals surface area contributed by atoms with Gasteiger partial charge in [-0.25, -0.2) is 0 Å². The summed E-state index contributed by atoms with van der Waals surface area (Å²) in [7, 11) is -1.96. The van der Waals surface area contributed by atoms with Crippen LogP contribution in [0, 0.1) is 0 Å². The van der Waals surface area contributed by atoms with Crippen molar-refractivity contribution in [3.8, 4) is 0 Å². The first-order valence-corrected chi connectivity index (χ1v) is 13.9. The number of allylic oxidation sites excluding steroid dienone is 1. The molecule has 2 aromatic rings. The van der Waals surface area contributed by atoms with Crippen molar-refractivity contribution in [2.24, 2.45) is 0 Å². The maximum atomic E-state index is 6.80. The molecule has 1 N–H and O–H groups in total. The highest BCUT2D eigenvalue weighted by Gasteiger charge is 2.40. The average Bonchev–Trinajstić information content (AvgIpc) is 2.71. The third-order valence-corrected chi connectivity index (χ3v) is 10.4. The van der Waals surface area contributed by atoms with E-state index in [9.17, 15) is 0 Å². The zero-order valence-corrected chi connectivity index (χ0v) is 20.6. The Bertz CT molecular complexity index is 806. The minimum Gasteiger partial charge on any atom is -0.545 e. The maximum Gasteiger partial charge on any atom is 0.250 e. The smallest absolute Gasteiger partial charge is 0.250 e. The molecule has 0 saturated carbocycles. The van der Waals surface area contributed by atoms with Gasteiger partial charge in [0.2, 0.25) is 8.32 Å². The van der Waals surface area contributed by atoms with E-state index in [1.165, 1.54) is 11.1 Å². The molecule has 0 radical (unpaired) electrons. The van der Waals surface area contributed by atoms with Gasteiger partial charge in [-0.15, -0.1) is 6.58 Å². The van der Waals surface area contributed by atoms with E-state index in [1.807, 2.05) is 6.08 Å². The van der Waals surface area contributed by atoms with Gasteiger partial charge in [0.1, 0.15) is 0 Å². The van der Waals surface area contributed by atoms with Crippen LogP contribution in [0.3, 0.4) is 0 Å². The van der Waals surface area contributed by atoms with Crippen LogP contribution in [-0.4, -0.2) is 14.4 Å². The van der Waals surface area contributed by atoms with Crippen LogP contribution < -0.4 is 5.32 Å². The highest BCUT2D eigenvalue weighted by atomic mass is 28.4. The largest absolute Gasteiger partial charge is 0.545 e. The van der Waals surface area contributed by atoms with Gasteiger partial charge in [0.25, 0.3) is 0 Å². The molecule has 2 nitrogen and oxygen atoms in total. The highest BCUT2D eigenvalue weighted by Crippen LogP contribution is 2.38. The molecule has 0 aromatic heterocycles. The standard InChI is InChI=1S/C27H39NOSi/c1-8-25(28-22(2)24-19-13-10-14-20-24)26(29-30(6,7)27(3,4)5)21-15-18-23-16-11-9-12-17-23/h8-14,16-17,19-22,25,28H,1,15,18H2,2-7H3/b26-21-/t22-,25+/m1/s1. The molecule has 30 heavy (non-hydrogen) atoms. The van der Waals surface area contributed by atoms with Gasteiger partial charge < -0.3 is 4.43 Å². The van der Waals surface area contributed by atoms with Crippen LogP contribution in [0.2, 0.25) is 18.1 Å². The molecular formula is C27H39NOSi. The molecular weight excluding hydrogens is 382 g/mol. The molecule has 0 amide bonds. The van der Waals surface area contributed by atoms with Crippen molar-refractivity contribution in [2.75, 3.05) is 0 Å². The zero-order valence-electron chi connectivity index (χ0n) is 19.6. The molecule has 0 spiro atoms. The van der Waals surface area contributed by atoms with Crippen molar-refractivity contribution in [1.29, 1.82) is 0 Å². The van der Waals surface area contributed by atoms with Gasteiger partial charge in [-0.1, -0.05) is 87.5 Å². The third-order valence-electron chi connectivity index (χ3n) is 6.07. The first kappa shape index (κ1) is 24.2. The monoisotopic (exact) mass is 421 g/mol. The summed E-state index contributed by atoms with van der Waals surface area (Å²) >= 11 is 0. The van der Waals surface area contributed by atoms with Crippen LogP contribution in [0.25, 0.3) is 0 Å². The van der Waals surface area contributed by atoms with E-state index in [0.717, 1.165) is 18.6 Å². The van der Waals surface area contributed by atoms with Crippen LogP contribution in [-0.2, 0) is 10.8 Å². The van der Waals surface area contributed by atoms with E-state index in [0.29, 0.717) is 0 Å².